The molecule has 0 heterocycles. The second-order valence-corrected chi connectivity index (χ2v) is 5.96. The van der Waals surface area contributed by atoms with Gasteiger partial charge in [0.2, 0.25) is 0 Å². The minimum absolute atomic E-state index is 0.0251. The van der Waals surface area contributed by atoms with Crippen LogP contribution in [0.4, 0.5) is 0 Å². The molecule has 2 aromatic carbocycles. The number of rotatable bonds is 9. The fourth-order valence-corrected chi connectivity index (χ4v) is 2.49. The van der Waals surface area contributed by atoms with Crippen LogP contribution in [0.25, 0.3) is 0 Å². The van der Waals surface area contributed by atoms with Crippen LogP contribution in [0.1, 0.15) is 37.9 Å². The Hall–Kier alpha value is -2.69. The number of nitrogens with one attached hydrogen (secondary N) is 1. The van der Waals surface area contributed by atoms with Crippen LogP contribution >= 0.6 is 0 Å². The van der Waals surface area contributed by atoms with Gasteiger partial charge in [0.05, 0.1) is 19.3 Å². The fraction of sp³-hybridized carbons (Fsp3) is 0.381. The van der Waals surface area contributed by atoms with E-state index >= 15 is 0 Å². The average Bonchev–Trinajstić information content (AvgIpc) is 2.63. The van der Waals surface area contributed by atoms with Gasteiger partial charge in [0.25, 0.3) is 5.91 Å². The third-order valence-electron chi connectivity index (χ3n) is 3.84. The van der Waals surface area contributed by atoms with Gasteiger partial charge >= 0.3 is 0 Å². The Morgan fingerprint density at radius 1 is 0.962 bits per heavy atom. The van der Waals surface area contributed by atoms with E-state index in [-0.39, 0.29) is 18.6 Å². The maximum absolute atomic E-state index is 12.2. The Labute approximate surface area is 155 Å². The molecule has 0 aromatic heterocycles. The van der Waals surface area contributed by atoms with E-state index in [9.17, 15) is 4.79 Å². The lowest BCUT2D eigenvalue weighted by molar-refractivity contribution is -0.123. The molecule has 2 rings (SSSR count). The molecule has 0 aliphatic heterocycles. The first kappa shape index (κ1) is 19.6. The lowest BCUT2D eigenvalue weighted by Crippen LogP contribution is -2.31. The average molecular weight is 357 g/mol. The van der Waals surface area contributed by atoms with Crippen molar-refractivity contribution in [2.45, 2.75) is 33.7 Å². The zero-order chi connectivity index (χ0) is 18.9. The number of amides is 1. The third kappa shape index (κ3) is 5.69. The molecule has 5 nitrogen and oxygen atoms in total. The molecule has 1 N–H and O–H groups in total. The van der Waals surface area contributed by atoms with E-state index in [1.54, 1.807) is 0 Å². The summed E-state index contributed by atoms with van der Waals surface area (Å²) in [6.45, 7) is 8.89. The van der Waals surface area contributed by atoms with Crippen molar-refractivity contribution in [1.82, 2.24) is 5.32 Å². The molecule has 0 radical (unpaired) electrons. The Bertz CT molecular complexity index is 712. The fourth-order valence-electron chi connectivity index (χ4n) is 2.49. The summed E-state index contributed by atoms with van der Waals surface area (Å²) in [6, 6.07) is 13.1. The molecule has 0 saturated carbocycles. The quantitative estimate of drug-likeness (QED) is 0.736. The molecule has 2 aromatic rings. The molecule has 1 unspecified atom stereocenters. The first-order valence-corrected chi connectivity index (χ1v) is 8.91. The molecule has 5 heteroatoms. The van der Waals surface area contributed by atoms with E-state index in [0.717, 1.165) is 11.1 Å². The minimum Gasteiger partial charge on any atom is -0.490 e. The first-order valence-electron chi connectivity index (χ1n) is 8.91. The zero-order valence-electron chi connectivity index (χ0n) is 15.9. The van der Waals surface area contributed by atoms with Crippen molar-refractivity contribution in [2.24, 2.45) is 0 Å². The highest BCUT2D eigenvalue weighted by atomic mass is 16.5. The number of hydrogen-bond donors (Lipinski definition) is 1. The normalized spacial score (nSPS) is 11.5. The van der Waals surface area contributed by atoms with Gasteiger partial charge in [-0.1, -0.05) is 23.8 Å². The van der Waals surface area contributed by atoms with Crippen LogP contribution in [-0.2, 0) is 4.79 Å². The summed E-state index contributed by atoms with van der Waals surface area (Å²) in [5.74, 6) is 1.89. The standard InChI is InChI=1S/C21H27NO4/c1-5-24-19-12-9-17(13-20(19)25-6-2)16(4)22-21(23)14-26-18-10-7-15(3)8-11-18/h7-13,16H,5-6,14H2,1-4H3,(H,22,23). The van der Waals surface area contributed by atoms with Crippen LogP contribution in [-0.4, -0.2) is 25.7 Å². The Kier molecular flexibility index (Phi) is 7.33. The first-order chi connectivity index (χ1) is 12.5. The van der Waals surface area contributed by atoms with E-state index in [0.29, 0.717) is 30.5 Å². The maximum Gasteiger partial charge on any atom is 0.258 e. The molecule has 0 saturated heterocycles. The van der Waals surface area contributed by atoms with E-state index in [1.165, 1.54) is 0 Å². The highest BCUT2D eigenvalue weighted by Gasteiger charge is 2.13. The second-order valence-electron chi connectivity index (χ2n) is 5.96. The Morgan fingerprint density at radius 2 is 1.62 bits per heavy atom. The van der Waals surface area contributed by atoms with Gasteiger partial charge in [0, 0.05) is 0 Å². The number of benzene rings is 2. The molecular formula is C21H27NO4. The largest absolute Gasteiger partial charge is 0.490 e. The van der Waals surface area contributed by atoms with Crippen molar-refractivity contribution >= 4 is 5.91 Å². The van der Waals surface area contributed by atoms with Gasteiger partial charge in [0.1, 0.15) is 5.75 Å². The van der Waals surface area contributed by atoms with Gasteiger partial charge < -0.3 is 19.5 Å². The van der Waals surface area contributed by atoms with E-state index < -0.39 is 0 Å². The summed E-state index contributed by atoms with van der Waals surface area (Å²) in [5.41, 5.74) is 2.09. The smallest absolute Gasteiger partial charge is 0.258 e. The van der Waals surface area contributed by atoms with Crippen molar-refractivity contribution < 1.29 is 19.0 Å². The van der Waals surface area contributed by atoms with Crippen LogP contribution in [0.15, 0.2) is 42.5 Å². The van der Waals surface area contributed by atoms with Crippen molar-refractivity contribution in [1.29, 1.82) is 0 Å². The third-order valence-corrected chi connectivity index (χ3v) is 3.84. The van der Waals surface area contributed by atoms with Crippen LogP contribution < -0.4 is 19.5 Å². The van der Waals surface area contributed by atoms with Crippen molar-refractivity contribution in [2.75, 3.05) is 19.8 Å². The minimum atomic E-state index is -0.176. The van der Waals surface area contributed by atoms with Gasteiger partial charge in [-0.2, -0.15) is 0 Å². The summed E-state index contributed by atoms with van der Waals surface area (Å²) in [7, 11) is 0. The summed E-state index contributed by atoms with van der Waals surface area (Å²) < 4.78 is 16.7. The van der Waals surface area contributed by atoms with E-state index in [2.05, 4.69) is 5.32 Å². The van der Waals surface area contributed by atoms with Gasteiger partial charge in [-0.05, 0) is 57.5 Å². The number of aryl methyl sites for hydroxylation is 1. The summed E-state index contributed by atoms with van der Waals surface area (Å²) in [5, 5.41) is 2.94. The Morgan fingerprint density at radius 3 is 2.27 bits per heavy atom. The summed E-state index contributed by atoms with van der Waals surface area (Å²) in [6.07, 6.45) is 0. The predicted octanol–water partition coefficient (Wildman–Crippen LogP) is 4.05. The number of carbonyl (C=O) groups excluding carboxylic acids is 1. The number of carbonyl (C=O) groups is 1. The van der Waals surface area contributed by atoms with Crippen LogP contribution in [0.3, 0.4) is 0 Å². The van der Waals surface area contributed by atoms with Crippen LogP contribution in [0.2, 0.25) is 0 Å². The molecule has 1 atom stereocenters. The predicted molar refractivity (Wildman–Crippen MR) is 102 cm³/mol. The lowest BCUT2D eigenvalue weighted by Gasteiger charge is -2.17. The lowest BCUT2D eigenvalue weighted by atomic mass is 10.1. The van der Waals surface area contributed by atoms with Crippen molar-refractivity contribution in [3.05, 3.63) is 53.6 Å². The Balaban J connectivity index is 1.95. The molecule has 0 bridgehead atoms. The van der Waals surface area contributed by atoms with Crippen molar-refractivity contribution in [3.63, 3.8) is 0 Å². The molecular weight excluding hydrogens is 330 g/mol. The van der Waals surface area contributed by atoms with Crippen LogP contribution in [0.5, 0.6) is 17.2 Å². The van der Waals surface area contributed by atoms with Crippen molar-refractivity contribution in [3.8, 4) is 17.2 Å². The molecule has 0 aliphatic carbocycles. The van der Waals surface area contributed by atoms with Gasteiger partial charge in [0.15, 0.2) is 18.1 Å². The van der Waals surface area contributed by atoms with Gasteiger partial charge in [-0.25, -0.2) is 0 Å². The number of hydrogen-bond acceptors (Lipinski definition) is 4. The molecule has 140 valence electrons. The topological polar surface area (TPSA) is 56.8 Å². The zero-order valence-corrected chi connectivity index (χ0v) is 15.9. The molecule has 1 amide bonds. The molecule has 0 spiro atoms. The monoisotopic (exact) mass is 357 g/mol. The highest BCUT2D eigenvalue weighted by Crippen LogP contribution is 2.30. The second kappa shape index (κ2) is 9.70. The highest BCUT2D eigenvalue weighted by molar-refractivity contribution is 5.78. The molecule has 0 aliphatic rings. The molecule has 26 heavy (non-hydrogen) atoms. The number of ether oxygens (including phenoxy) is 3. The van der Waals surface area contributed by atoms with E-state index in [1.807, 2.05) is 70.2 Å². The SMILES string of the molecule is CCOc1ccc(C(C)NC(=O)COc2ccc(C)cc2)cc1OCC. The molecule has 0 fully saturated rings. The summed E-state index contributed by atoms with van der Waals surface area (Å²) in [4.78, 5) is 12.2. The van der Waals surface area contributed by atoms with Crippen LogP contribution in [0, 0.1) is 6.92 Å². The van der Waals surface area contributed by atoms with E-state index in [4.69, 9.17) is 14.2 Å². The van der Waals surface area contributed by atoms with Gasteiger partial charge in [-0.3, -0.25) is 4.79 Å². The maximum atomic E-state index is 12.2. The summed E-state index contributed by atoms with van der Waals surface area (Å²) >= 11 is 0. The van der Waals surface area contributed by atoms with Gasteiger partial charge in [-0.15, -0.1) is 0 Å².